The molecule has 0 spiro atoms. The second kappa shape index (κ2) is 20.8. The molecule has 5 nitrogen and oxygen atoms in total. The summed E-state index contributed by atoms with van der Waals surface area (Å²) in [5.41, 5.74) is 0. The number of rotatable bonds is 13. The molecule has 0 aromatic carbocycles. The van der Waals surface area contributed by atoms with Crippen molar-refractivity contribution in [1.82, 2.24) is 0 Å². The lowest BCUT2D eigenvalue weighted by Gasteiger charge is -2.01. The van der Waals surface area contributed by atoms with Gasteiger partial charge in [0.25, 0.3) is 0 Å². The highest BCUT2D eigenvalue weighted by Gasteiger charge is 1.98. The Morgan fingerprint density at radius 2 is 0.955 bits per heavy atom. The minimum absolute atomic E-state index is 0. The van der Waals surface area contributed by atoms with Gasteiger partial charge in [-0.2, -0.15) is 8.42 Å². The predicted octanol–water partition coefficient (Wildman–Crippen LogP) is 4.71. The average Bonchev–Trinajstić information content (AvgIpc) is 2.40. The molecule has 0 bridgehead atoms. The van der Waals surface area contributed by atoms with Gasteiger partial charge in [0.2, 0.25) is 0 Å². The van der Waals surface area contributed by atoms with E-state index in [4.69, 9.17) is 4.55 Å². The van der Waals surface area contributed by atoms with Gasteiger partial charge in [0.1, 0.15) is 0 Å². The molecule has 0 unspecified atom stereocenters. The summed E-state index contributed by atoms with van der Waals surface area (Å²) in [6.07, 6.45) is 17.4. The second-order valence-electron chi connectivity index (χ2n) is 5.37. The van der Waals surface area contributed by atoms with Gasteiger partial charge in [0, 0.05) is 0 Å². The molecule has 22 heavy (non-hydrogen) atoms. The summed E-state index contributed by atoms with van der Waals surface area (Å²) in [6, 6.07) is 0. The van der Waals surface area contributed by atoms with Crippen LogP contribution in [0, 0.1) is 0 Å². The first-order valence-corrected chi connectivity index (χ1v) is 9.96. The van der Waals surface area contributed by atoms with Crippen molar-refractivity contribution in [2.75, 3.05) is 6.61 Å². The Morgan fingerprint density at radius 3 is 1.09 bits per heavy atom. The van der Waals surface area contributed by atoms with E-state index in [2.05, 4.69) is 18.0 Å². The molecule has 0 radical (unpaired) electrons. The first kappa shape index (κ1) is 26.7. The molecule has 3 N–H and O–H groups in total. The van der Waals surface area contributed by atoms with Gasteiger partial charge in [-0.3, -0.25) is 4.55 Å². The SMILES string of the molecule is CCCCCCCCCCCCCC.CCOS(=O)(=O)O.O. The van der Waals surface area contributed by atoms with E-state index in [1.807, 2.05) is 0 Å². The smallest absolute Gasteiger partial charge is 0.397 e. The summed E-state index contributed by atoms with van der Waals surface area (Å²) in [6.45, 7) is 6.01. The Balaban J connectivity index is -0.000000385. The zero-order valence-corrected chi connectivity index (χ0v) is 15.6. The summed E-state index contributed by atoms with van der Waals surface area (Å²) < 4.78 is 30.7. The van der Waals surface area contributed by atoms with Crippen LogP contribution in [0.1, 0.15) is 97.8 Å². The highest BCUT2D eigenvalue weighted by Crippen LogP contribution is 2.11. The minimum atomic E-state index is -4.17. The van der Waals surface area contributed by atoms with Gasteiger partial charge in [0.05, 0.1) is 6.61 Å². The van der Waals surface area contributed by atoms with Crippen LogP contribution in [0.5, 0.6) is 0 Å². The monoisotopic (exact) mass is 342 g/mol. The first-order valence-electron chi connectivity index (χ1n) is 8.59. The zero-order valence-electron chi connectivity index (χ0n) is 14.8. The lowest BCUT2D eigenvalue weighted by molar-refractivity contribution is 0.283. The van der Waals surface area contributed by atoms with Crippen molar-refractivity contribution in [2.24, 2.45) is 0 Å². The van der Waals surface area contributed by atoms with Crippen LogP contribution in [0.3, 0.4) is 0 Å². The minimum Gasteiger partial charge on any atom is -0.412 e. The third-order valence-electron chi connectivity index (χ3n) is 3.22. The number of unbranched alkanes of at least 4 members (excludes halogenated alkanes) is 11. The maximum atomic E-state index is 9.56. The lowest BCUT2D eigenvalue weighted by atomic mass is 10.1. The molecule has 0 atom stereocenters. The Morgan fingerprint density at radius 1 is 0.682 bits per heavy atom. The molecule has 0 aromatic heterocycles. The van der Waals surface area contributed by atoms with E-state index in [-0.39, 0.29) is 12.1 Å². The van der Waals surface area contributed by atoms with Gasteiger partial charge in [0.15, 0.2) is 0 Å². The van der Waals surface area contributed by atoms with Crippen molar-refractivity contribution in [3.8, 4) is 0 Å². The maximum Gasteiger partial charge on any atom is 0.397 e. The molecule has 0 aliphatic rings. The molecule has 0 fully saturated rings. The number of hydrogen-bond donors (Lipinski definition) is 1. The van der Waals surface area contributed by atoms with Crippen LogP contribution in [-0.4, -0.2) is 25.1 Å². The van der Waals surface area contributed by atoms with Crippen LogP contribution in [0.2, 0.25) is 0 Å². The van der Waals surface area contributed by atoms with Crippen LogP contribution < -0.4 is 0 Å². The molecule has 0 rings (SSSR count). The maximum absolute atomic E-state index is 9.56. The summed E-state index contributed by atoms with van der Waals surface area (Å²) in [4.78, 5) is 0. The van der Waals surface area contributed by atoms with E-state index in [0.717, 1.165) is 0 Å². The summed E-state index contributed by atoms with van der Waals surface area (Å²) >= 11 is 0. The summed E-state index contributed by atoms with van der Waals surface area (Å²) in [7, 11) is -4.17. The zero-order chi connectivity index (χ0) is 16.4. The van der Waals surface area contributed by atoms with Crippen molar-refractivity contribution in [3.05, 3.63) is 0 Å². The Bertz CT molecular complexity index is 266. The first-order chi connectivity index (χ1) is 9.97. The van der Waals surface area contributed by atoms with E-state index in [1.54, 1.807) is 0 Å². The standard InChI is InChI=1S/C14H30.C2H6O4S.H2O/c1-3-5-7-9-11-13-14-12-10-8-6-4-2;1-2-6-7(3,4)5;/h3-14H2,1-2H3;2H2,1H3,(H,3,4,5);1H2. The molecular formula is C16H38O5S. The molecule has 0 aliphatic heterocycles. The summed E-state index contributed by atoms with van der Waals surface area (Å²) in [5, 5.41) is 0. The molecule has 0 saturated heterocycles. The molecule has 0 heterocycles. The quantitative estimate of drug-likeness (QED) is 0.387. The third-order valence-corrected chi connectivity index (χ3v) is 3.76. The molecule has 0 amide bonds. The van der Waals surface area contributed by atoms with Gasteiger partial charge in [-0.05, 0) is 6.92 Å². The van der Waals surface area contributed by atoms with E-state index in [1.165, 1.54) is 84.0 Å². The van der Waals surface area contributed by atoms with E-state index >= 15 is 0 Å². The highest BCUT2D eigenvalue weighted by atomic mass is 32.3. The van der Waals surface area contributed by atoms with Gasteiger partial charge >= 0.3 is 10.4 Å². The molecular weight excluding hydrogens is 304 g/mol. The van der Waals surface area contributed by atoms with E-state index < -0.39 is 10.4 Å². The van der Waals surface area contributed by atoms with Crippen LogP contribution in [0.4, 0.5) is 0 Å². The molecule has 6 heteroatoms. The fourth-order valence-corrected chi connectivity index (χ4v) is 2.36. The molecule has 0 aromatic rings. The highest BCUT2D eigenvalue weighted by molar-refractivity contribution is 7.80. The van der Waals surface area contributed by atoms with Crippen molar-refractivity contribution in [1.29, 1.82) is 0 Å². The fraction of sp³-hybridized carbons (Fsp3) is 1.00. The van der Waals surface area contributed by atoms with Crippen molar-refractivity contribution >= 4 is 10.4 Å². The Hall–Kier alpha value is -0.170. The topological polar surface area (TPSA) is 95.1 Å². The van der Waals surface area contributed by atoms with Crippen LogP contribution in [-0.2, 0) is 14.6 Å². The molecule has 0 saturated carbocycles. The van der Waals surface area contributed by atoms with Crippen LogP contribution in [0.25, 0.3) is 0 Å². The molecule has 0 aliphatic carbocycles. The second-order valence-corrected chi connectivity index (χ2v) is 6.46. The Labute approximate surface area is 138 Å². The average molecular weight is 343 g/mol. The Kier molecular flexibility index (Phi) is 25.3. The van der Waals surface area contributed by atoms with Crippen molar-refractivity contribution < 1.29 is 22.6 Å². The van der Waals surface area contributed by atoms with E-state index in [0.29, 0.717) is 0 Å². The molecule has 138 valence electrons. The largest absolute Gasteiger partial charge is 0.412 e. The summed E-state index contributed by atoms with van der Waals surface area (Å²) in [5.74, 6) is 0. The van der Waals surface area contributed by atoms with Crippen LogP contribution in [0.15, 0.2) is 0 Å². The van der Waals surface area contributed by atoms with Crippen LogP contribution >= 0.6 is 0 Å². The van der Waals surface area contributed by atoms with Gasteiger partial charge < -0.3 is 5.48 Å². The predicted molar refractivity (Wildman–Crippen MR) is 93.5 cm³/mol. The van der Waals surface area contributed by atoms with Gasteiger partial charge in [-0.1, -0.05) is 90.9 Å². The normalized spacial score (nSPS) is 10.5. The van der Waals surface area contributed by atoms with Crippen molar-refractivity contribution in [2.45, 2.75) is 97.8 Å². The van der Waals surface area contributed by atoms with Gasteiger partial charge in [-0.15, -0.1) is 0 Å². The van der Waals surface area contributed by atoms with Crippen molar-refractivity contribution in [3.63, 3.8) is 0 Å². The number of hydrogen-bond acceptors (Lipinski definition) is 3. The lowest BCUT2D eigenvalue weighted by Crippen LogP contribution is -2.01. The van der Waals surface area contributed by atoms with E-state index in [9.17, 15) is 8.42 Å². The third kappa shape index (κ3) is 32.0. The fourth-order valence-electron chi connectivity index (χ4n) is 2.06. The van der Waals surface area contributed by atoms with Gasteiger partial charge in [-0.25, -0.2) is 4.18 Å².